The van der Waals surface area contributed by atoms with Gasteiger partial charge in [0.2, 0.25) is 10.0 Å². The Morgan fingerprint density at radius 2 is 1.65 bits per heavy atom. The van der Waals surface area contributed by atoms with E-state index in [9.17, 15) is 12.8 Å². The molecule has 0 amide bonds. The number of ether oxygens (including phenoxy) is 1. The molecule has 1 fully saturated rings. The average molecular weight is 687 g/mol. The van der Waals surface area contributed by atoms with Crippen molar-refractivity contribution in [3.63, 3.8) is 0 Å². The SMILES string of the molecule is CCC(C[C@@H]([C@H](CC)c1ccc(N2CCN(S(=O)(=O)C(C)(C)CCOC(C)(C)CCN)CC2)cc1)N(C)C)C1CCc2cccc(F)c21. The van der Waals surface area contributed by atoms with Gasteiger partial charge < -0.3 is 20.3 Å². The van der Waals surface area contributed by atoms with E-state index >= 15 is 0 Å². The molecule has 1 aliphatic heterocycles. The zero-order valence-corrected chi connectivity index (χ0v) is 31.8. The topological polar surface area (TPSA) is 79.1 Å². The molecule has 1 saturated heterocycles. The van der Waals surface area contributed by atoms with Crippen molar-refractivity contribution in [1.29, 1.82) is 0 Å². The van der Waals surface area contributed by atoms with Gasteiger partial charge in [-0.3, -0.25) is 0 Å². The average Bonchev–Trinajstić information content (AvgIpc) is 3.48. The highest BCUT2D eigenvalue weighted by molar-refractivity contribution is 7.90. The van der Waals surface area contributed by atoms with E-state index in [1.165, 1.54) is 11.1 Å². The molecule has 0 aromatic heterocycles. The zero-order valence-electron chi connectivity index (χ0n) is 31.0. The Bertz CT molecular complexity index is 1420. The van der Waals surface area contributed by atoms with Crippen molar-refractivity contribution >= 4 is 15.7 Å². The van der Waals surface area contributed by atoms with Crippen LogP contribution in [0.3, 0.4) is 0 Å². The first-order valence-electron chi connectivity index (χ1n) is 18.3. The van der Waals surface area contributed by atoms with Crippen molar-refractivity contribution in [2.75, 3.05) is 58.3 Å². The number of likely N-dealkylation sites (N-methyl/N-ethyl adjacent to an activating group) is 1. The summed E-state index contributed by atoms with van der Waals surface area (Å²) in [5.74, 6) is 1.03. The summed E-state index contributed by atoms with van der Waals surface area (Å²) in [6, 6.07) is 14.9. The van der Waals surface area contributed by atoms with Crippen molar-refractivity contribution < 1.29 is 17.5 Å². The Morgan fingerprint density at radius 3 is 2.23 bits per heavy atom. The van der Waals surface area contributed by atoms with E-state index in [0.717, 1.165) is 49.8 Å². The van der Waals surface area contributed by atoms with Crippen LogP contribution in [0.15, 0.2) is 42.5 Å². The Balaban J connectivity index is 1.38. The van der Waals surface area contributed by atoms with E-state index < -0.39 is 14.8 Å². The predicted octanol–water partition coefficient (Wildman–Crippen LogP) is 7.16. The van der Waals surface area contributed by atoms with Crippen LogP contribution in [0, 0.1) is 11.7 Å². The molecule has 0 bridgehead atoms. The Labute approximate surface area is 291 Å². The number of halogens is 1. The second-order valence-corrected chi connectivity index (χ2v) is 18.1. The molecule has 0 radical (unpaired) electrons. The van der Waals surface area contributed by atoms with E-state index in [0.29, 0.717) is 63.6 Å². The molecule has 48 heavy (non-hydrogen) atoms. The Kier molecular flexibility index (Phi) is 13.2. The minimum Gasteiger partial charge on any atom is -0.375 e. The largest absolute Gasteiger partial charge is 0.375 e. The number of rotatable bonds is 17. The molecule has 0 saturated carbocycles. The van der Waals surface area contributed by atoms with E-state index in [2.05, 4.69) is 68.1 Å². The van der Waals surface area contributed by atoms with E-state index in [4.69, 9.17) is 10.5 Å². The smallest absolute Gasteiger partial charge is 0.219 e. The lowest BCUT2D eigenvalue weighted by atomic mass is 9.76. The molecule has 2 aromatic rings. The van der Waals surface area contributed by atoms with Crippen LogP contribution in [-0.4, -0.2) is 87.4 Å². The molecule has 1 heterocycles. The van der Waals surface area contributed by atoms with Gasteiger partial charge in [0.15, 0.2) is 0 Å². The van der Waals surface area contributed by atoms with Gasteiger partial charge in [0.05, 0.1) is 10.3 Å². The number of hydrogen-bond donors (Lipinski definition) is 1. The number of hydrogen-bond acceptors (Lipinski definition) is 6. The number of anilines is 1. The summed E-state index contributed by atoms with van der Waals surface area (Å²) in [5.41, 5.74) is 9.95. The maximum absolute atomic E-state index is 15.0. The first-order valence-corrected chi connectivity index (χ1v) is 19.7. The van der Waals surface area contributed by atoms with Gasteiger partial charge >= 0.3 is 0 Å². The maximum atomic E-state index is 15.0. The number of sulfonamides is 1. The lowest BCUT2D eigenvalue weighted by Crippen LogP contribution is -2.54. The third kappa shape index (κ3) is 8.81. The van der Waals surface area contributed by atoms with Gasteiger partial charge in [-0.25, -0.2) is 12.8 Å². The Hall–Kier alpha value is -2.04. The minimum atomic E-state index is -3.50. The number of fused-ring (bicyclic) bond motifs is 1. The summed E-state index contributed by atoms with van der Waals surface area (Å²) in [5, 5.41) is 0. The van der Waals surface area contributed by atoms with Crippen molar-refractivity contribution in [3.8, 4) is 0 Å². The van der Waals surface area contributed by atoms with Crippen LogP contribution < -0.4 is 10.6 Å². The van der Waals surface area contributed by atoms with E-state index in [1.807, 2.05) is 33.8 Å². The fourth-order valence-corrected chi connectivity index (χ4v) is 9.81. The molecule has 0 spiro atoms. The summed E-state index contributed by atoms with van der Waals surface area (Å²) in [6.07, 6.45) is 6.27. The van der Waals surface area contributed by atoms with Crippen LogP contribution in [0.4, 0.5) is 10.1 Å². The normalized spacial score (nSPS) is 19.8. The molecule has 270 valence electrons. The standard InChI is InChI=1S/C39H63FN4O3S/c1-9-29(34-19-16-31-12-11-13-35(40)37(31)34)28-36(42(7)8)33(10-2)30-14-17-32(18-15-30)43-23-25-44(26-24-43)48(45,46)39(5,6)21-27-47-38(3,4)20-22-41/h11-15,17-18,29,33-34,36H,9-10,16,19-28,41H2,1-8H3/t29?,33-,34?,36+/m1/s1. The molecule has 1 aliphatic carbocycles. The van der Waals surface area contributed by atoms with Gasteiger partial charge in [-0.1, -0.05) is 44.5 Å². The van der Waals surface area contributed by atoms with E-state index in [1.54, 1.807) is 10.4 Å². The van der Waals surface area contributed by atoms with Crippen LogP contribution >= 0.6 is 0 Å². The van der Waals surface area contributed by atoms with Gasteiger partial charge in [0.1, 0.15) is 5.82 Å². The summed E-state index contributed by atoms with van der Waals surface area (Å²) in [6.45, 7) is 15.3. The number of aryl methyl sites for hydroxylation is 1. The van der Waals surface area contributed by atoms with Gasteiger partial charge in [-0.15, -0.1) is 0 Å². The molecule has 4 atom stereocenters. The van der Waals surface area contributed by atoms with Crippen LogP contribution in [0.2, 0.25) is 0 Å². The molecule has 4 rings (SSSR count). The van der Waals surface area contributed by atoms with Crippen LogP contribution in [0.5, 0.6) is 0 Å². The quantitative estimate of drug-likeness (QED) is 0.190. The number of benzene rings is 2. The van der Waals surface area contributed by atoms with Crippen LogP contribution in [0.1, 0.15) is 109 Å². The number of piperazine rings is 1. The lowest BCUT2D eigenvalue weighted by molar-refractivity contribution is -0.0250. The van der Waals surface area contributed by atoms with Crippen LogP contribution in [-0.2, 0) is 21.2 Å². The van der Waals surface area contributed by atoms with Gasteiger partial charge in [0, 0.05) is 44.5 Å². The first-order chi connectivity index (χ1) is 22.7. The fourth-order valence-electron chi connectivity index (χ4n) is 8.12. The summed E-state index contributed by atoms with van der Waals surface area (Å²) >= 11 is 0. The molecule has 2 aromatic carbocycles. The van der Waals surface area contributed by atoms with Gasteiger partial charge in [-0.05, 0) is 140 Å². The highest BCUT2D eigenvalue weighted by Gasteiger charge is 2.41. The fraction of sp³-hybridized carbons (Fsp3) is 0.692. The number of nitrogens with two attached hydrogens (primary N) is 1. The molecule has 9 heteroatoms. The summed E-state index contributed by atoms with van der Waals surface area (Å²) < 4.78 is 49.1. The Morgan fingerprint density at radius 1 is 0.979 bits per heavy atom. The summed E-state index contributed by atoms with van der Waals surface area (Å²) in [7, 11) is 0.868. The first kappa shape index (κ1) is 38.8. The van der Waals surface area contributed by atoms with Crippen molar-refractivity contribution in [2.24, 2.45) is 11.7 Å². The monoisotopic (exact) mass is 686 g/mol. The highest BCUT2D eigenvalue weighted by Crippen LogP contribution is 2.44. The lowest BCUT2D eigenvalue weighted by Gasteiger charge is -2.40. The molecule has 7 nitrogen and oxygen atoms in total. The maximum Gasteiger partial charge on any atom is 0.219 e. The number of nitrogens with zero attached hydrogens (tertiary/aromatic N) is 3. The summed E-state index contributed by atoms with van der Waals surface area (Å²) in [4.78, 5) is 4.67. The van der Waals surface area contributed by atoms with Crippen molar-refractivity contribution in [3.05, 3.63) is 65.0 Å². The zero-order chi connectivity index (χ0) is 35.3. The second-order valence-electron chi connectivity index (χ2n) is 15.5. The van der Waals surface area contributed by atoms with Crippen molar-refractivity contribution in [1.82, 2.24) is 9.21 Å². The molecule has 2 unspecified atom stereocenters. The van der Waals surface area contributed by atoms with E-state index in [-0.39, 0.29) is 17.3 Å². The highest BCUT2D eigenvalue weighted by atomic mass is 32.2. The minimum absolute atomic E-state index is 0.0348. The molecular weight excluding hydrogens is 624 g/mol. The van der Waals surface area contributed by atoms with Crippen molar-refractivity contribution in [2.45, 2.75) is 115 Å². The second kappa shape index (κ2) is 16.3. The third-order valence-corrected chi connectivity index (χ3v) is 14.0. The van der Waals surface area contributed by atoms with Gasteiger partial charge in [-0.2, -0.15) is 4.31 Å². The third-order valence-electron chi connectivity index (χ3n) is 11.4. The van der Waals surface area contributed by atoms with Gasteiger partial charge in [0.25, 0.3) is 0 Å². The molecular formula is C39H63FN4O3S. The van der Waals surface area contributed by atoms with Crippen LogP contribution in [0.25, 0.3) is 0 Å². The predicted molar refractivity (Wildman–Crippen MR) is 198 cm³/mol. The molecule has 2 N–H and O–H groups in total. The molecule has 2 aliphatic rings.